The molecule has 1 aromatic carbocycles. The largest absolute Gasteiger partial charge is 0.327 e. The molecule has 2 nitrogen and oxygen atoms in total. The SMILES string of the molecule is NC1CCCCCC1S(=O)Cc1ccccc1. The van der Waals surface area contributed by atoms with Gasteiger partial charge in [0.1, 0.15) is 0 Å². The first kappa shape index (κ1) is 12.8. The van der Waals surface area contributed by atoms with Crippen LogP contribution in [0.25, 0.3) is 0 Å². The quantitative estimate of drug-likeness (QED) is 0.839. The molecule has 3 unspecified atom stereocenters. The lowest BCUT2D eigenvalue weighted by atomic mass is 10.1. The van der Waals surface area contributed by atoms with Gasteiger partial charge < -0.3 is 5.73 Å². The van der Waals surface area contributed by atoms with Gasteiger partial charge in [0.2, 0.25) is 0 Å². The summed E-state index contributed by atoms with van der Waals surface area (Å²) in [6.07, 6.45) is 5.68. The maximum atomic E-state index is 12.4. The second-order valence-corrected chi connectivity index (χ2v) is 6.51. The van der Waals surface area contributed by atoms with E-state index in [-0.39, 0.29) is 11.3 Å². The first-order chi connectivity index (χ1) is 8.27. The van der Waals surface area contributed by atoms with Crippen LogP contribution in [0.15, 0.2) is 30.3 Å². The first-order valence-corrected chi connectivity index (χ1v) is 7.82. The summed E-state index contributed by atoms with van der Waals surface area (Å²) in [6, 6.07) is 10.2. The molecule has 1 aliphatic carbocycles. The van der Waals surface area contributed by atoms with Crippen LogP contribution in [0, 0.1) is 0 Å². The monoisotopic (exact) mass is 251 g/mol. The molecule has 3 heteroatoms. The summed E-state index contributed by atoms with van der Waals surface area (Å²) in [5.74, 6) is 0.652. The molecule has 3 atom stereocenters. The van der Waals surface area contributed by atoms with Gasteiger partial charge in [0, 0.05) is 22.6 Å². The van der Waals surface area contributed by atoms with Gasteiger partial charge in [-0.1, -0.05) is 49.6 Å². The van der Waals surface area contributed by atoms with Crippen molar-refractivity contribution < 1.29 is 4.21 Å². The van der Waals surface area contributed by atoms with E-state index in [4.69, 9.17) is 5.73 Å². The van der Waals surface area contributed by atoms with Gasteiger partial charge in [0.05, 0.1) is 5.25 Å². The molecule has 0 heterocycles. The zero-order valence-corrected chi connectivity index (χ0v) is 11.0. The minimum Gasteiger partial charge on any atom is -0.327 e. The van der Waals surface area contributed by atoms with Crippen molar-refractivity contribution in [1.82, 2.24) is 0 Å². The van der Waals surface area contributed by atoms with Crippen LogP contribution in [-0.2, 0) is 16.6 Å². The molecular formula is C14H21NOS. The van der Waals surface area contributed by atoms with Crippen LogP contribution in [0.3, 0.4) is 0 Å². The Morgan fingerprint density at radius 1 is 1.12 bits per heavy atom. The summed E-state index contributed by atoms with van der Waals surface area (Å²) in [5, 5.41) is 0.192. The number of rotatable bonds is 3. The minimum atomic E-state index is -0.824. The molecule has 0 aliphatic heterocycles. The molecule has 2 N–H and O–H groups in total. The van der Waals surface area contributed by atoms with E-state index in [1.165, 1.54) is 19.3 Å². The maximum Gasteiger partial charge on any atom is 0.0502 e. The average Bonchev–Trinajstić information content (AvgIpc) is 2.55. The fraction of sp³-hybridized carbons (Fsp3) is 0.571. The van der Waals surface area contributed by atoms with Crippen LogP contribution >= 0.6 is 0 Å². The molecule has 0 aromatic heterocycles. The summed E-state index contributed by atoms with van der Waals surface area (Å²) in [6.45, 7) is 0. The van der Waals surface area contributed by atoms with Gasteiger partial charge >= 0.3 is 0 Å². The standard InChI is InChI=1S/C14H21NOS/c15-13-9-5-2-6-10-14(13)17(16)11-12-7-3-1-4-8-12/h1,3-4,7-8,13-14H,2,5-6,9-11,15H2. The molecular weight excluding hydrogens is 230 g/mol. The lowest BCUT2D eigenvalue weighted by molar-refractivity contribution is 0.574. The summed E-state index contributed by atoms with van der Waals surface area (Å²) >= 11 is 0. The average molecular weight is 251 g/mol. The van der Waals surface area contributed by atoms with Crippen molar-refractivity contribution >= 4 is 10.8 Å². The van der Waals surface area contributed by atoms with Crippen LogP contribution in [0.5, 0.6) is 0 Å². The Morgan fingerprint density at radius 2 is 1.82 bits per heavy atom. The van der Waals surface area contributed by atoms with Crippen molar-refractivity contribution in [1.29, 1.82) is 0 Å². The van der Waals surface area contributed by atoms with E-state index in [2.05, 4.69) is 0 Å². The van der Waals surface area contributed by atoms with Crippen molar-refractivity contribution in [2.45, 2.75) is 49.1 Å². The first-order valence-electron chi connectivity index (χ1n) is 6.44. The molecule has 0 saturated heterocycles. The fourth-order valence-electron chi connectivity index (χ4n) is 2.47. The van der Waals surface area contributed by atoms with E-state index in [0.29, 0.717) is 5.75 Å². The zero-order valence-electron chi connectivity index (χ0n) is 10.2. The topological polar surface area (TPSA) is 43.1 Å². The highest BCUT2D eigenvalue weighted by molar-refractivity contribution is 7.84. The molecule has 1 fully saturated rings. The van der Waals surface area contributed by atoms with Crippen LogP contribution in [-0.4, -0.2) is 15.5 Å². The number of nitrogens with two attached hydrogens (primary N) is 1. The van der Waals surface area contributed by atoms with E-state index in [1.807, 2.05) is 30.3 Å². The molecule has 0 amide bonds. The molecule has 0 radical (unpaired) electrons. The van der Waals surface area contributed by atoms with Crippen molar-refractivity contribution in [2.24, 2.45) is 5.73 Å². The van der Waals surface area contributed by atoms with Crippen LogP contribution in [0.2, 0.25) is 0 Å². The van der Waals surface area contributed by atoms with Gasteiger partial charge in [-0.3, -0.25) is 4.21 Å². The van der Waals surface area contributed by atoms with E-state index >= 15 is 0 Å². The summed E-state index contributed by atoms with van der Waals surface area (Å²) in [7, 11) is -0.824. The molecule has 1 aromatic rings. The van der Waals surface area contributed by atoms with Gasteiger partial charge in [-0.15, -0.1) is 0 Å². The normalized spacial score (nSPS) is 27.4. The second kappa shape index (κ2) is 6.31. The second-order valence-electron chi connectivity index (χ2n) is 4.85. The molecule has 17 heavy (non-hydrogen) atoms. The highest BCUT2D eigenvalue weighted by Gasteiger charge is 2.25. The molecule has 0 bridgehead atoms. The van der Waals surface area contributed by atoms with Crippen LogP contribution in [0.4, 0.5) is 0 Å². The van der Waals surface area contributed by atoms with E-state index in [1.54, 1.807) is 0 Å². The van der Waals surface area contributed by atoms with Crippen LogP contribution in [0.1, 0.15) is 37.7 Å². The summed E-state index contributed by atoms with van der Waals surface area (Å²) < 4.78 is 12.4. The van der Waals surface area contributed by atoms with Gasteiger partial charge in [-0.2, -0.15) is 0 Å². The molecule has 1 saturated carbocycles. The fourth-order valence-corrected chi connectivity index (χ4v) is 4.16. The highest BCUT2D eigenvalue weighted by Crippen LogP contribution is 2.22. The Balaban J connectivity index is 1.99. The molecule has 1 aliphatic rings. The molecule has 94 valence electrons. The highest BCUT2D eigenvalue weighted by atomic mass is 32.2. The molecule has 0 spiro atoms. The third kappa shape index (κ3) is 3.65. The van der Waals surface area contributed by atoms with E-state index < -0.39 is 10.8 Å². The van der Waals surface area contributed by atoms with Crippen molar-refractivity contribution in [3.8, 4) is 0 Å². The smallest absolute Gasteiger partial charge is 0.0502 e. The summed E-state index contributed by atoms with van der Waals surface area (Å²) in [5.41, 5.74) is 7.30. The minimum absolute atomic E-state index is 0.127. The zero-order chi connectivity index (χ0) is 12.1. The van der Waals surface area contributed by atoms with Crippen LogP contribution < -0.4 is 5.73 Å². The third-order valence-corrected chi connectivity index (χ3v) is 5.37. The van der Waals surface area contributed by atoms with Gasteiger partial charge in [0.15, 0.2) is 0 Å². The number of benzene rings is 1. The Bertz CT molecular complexity index is 366. The Labute approximate surface area is 106 Å². The van der Waals surface area contributed by atoms with E-state index in [9.17, 15) is 4.21 Å². The third-order valence-electron chi connectivity index (χ3n) is 3.49. The Hall–Kier alpha value is -0.670. The van der Waals surface area contributed by atoms with Crippen molar-refractivity contribution in [2.75, 3.05) is 0 Å². The Morgan fingerprint density at radius 3 is 2.59 bits per heavy atom. The number of hydrogen-bond donors (Lipinski definition) is 1. The maximum absolute atomic E-state index is 12.4. The molecule has 2 rings (SSSR count). The number of hydrogen-bond acceptors (Lipinski definition) is 2. The predicted molar refractivity (Wildman–Crippen MR) is 73.1 cm³/mol. The van der Waals surface area contributed by atoms with Crippen molar-refractivity contribution in [3.63, 3.8) is 0 Å². The van der Waals surface area contributed by atoms with Gasteiger partial charge in [0.25, 0.3) is 0 Å². The Kier molecular flexibility index (Phi) is 4.75. The van der Waals surface area contributed by atoms with Gasteiger partial charge in [-0.05, 0) is 18.4 Å². The lowest BCUT2D eigenvalue weighted by Gasteiger charge is -2.20. The predicted octanol–water partition coefficient (Wildman–Crippen LogP) is 2.60. The summed E-state index contributed by atoms with van der Waals surface area (Å²) in [4.78, 5) is 0. The van der Waals surface area contributed by atoms with E-state index in [0.717, 1.165) is 18.4 Å². The van der Waals surface area contributed by atoms with Crippen molar-refractivity contribution in [3.05, 3.63) is 35.9 Å². The van der Waals surface area contributed by atoms with Gasteiger partial charge in [-0.25, -0.2) is 0 Å². The lowest BCUT2D eigenvalue weighted by Crippen LogP contribution is -2.37.